The molecule has 0 fully saturated rings. The molecular formula is C12H15Cl2NO3. The van der Waals surface area contributed by atoms with Crippen LogP contribution in [0.15, 0.2) is 12.1 Å². The van der Waals surface area contributed by atoms with E-state index in [1.807, 2.05) is 0 Å². The van der Waals surface area contributed by atoms with Crippen molar-refractivity contribution in [3.05, 3.63) is 27.7 Å². The Kier molecular flexibility index (Phi) is 4.48. The lowest BCUT2D eigenvalue weighted by atomic mass is 9.80. The fourth-order valence-corrected chi connectivity index (χ4v) is 2.23. The topological polar surface area (TPSA) is 72.5 Å². The van der Waals surface area contributed by atoms with E-state index < -0.39 is 17.4 Å². The Morgan fingerprint density at radius 2 is 2.00 bits per heavy atom. The van der Waals surface area contributed by atoms with Crippen LogP contribution in [0.1, 0.15) is 25.5 Å². The second-order valence-electron chi connectivity index (χ2n) is 4.51. The van der Waals surface area contributed by atoms with Crippen LogP contribution in [-0.2, 0) is 9.53 Å². The SMILES string of the molecule is COC(=O)C(C)(C)[C@H](N)c1c(O)cc(Cl)cc1Cl. The first-order chi connectivity index (χ1) is 8.21. The van der Waals surface area contributed by atoms with Gasteiger partial charge < -0.3 is 15.6 Å². The van der Waals surface area contributed by atoms with Crippen molar-refractivity contribution in [3.63, 3.8) is 0 Å². The Bertz CT molecular complexity index is 451. The normalized spacial score (nSPS) is 13.2. The van der Waals surface area contributed by atoms with Crippen LogP contribution < -0.4 is 5.73 Å². The maximum atomic E-state index is 11.7. The number of phenols is 1. The average molecular weight is 292 g/mol. The first kappa shape index (κ1) is 15.1. The highest BCUT2D eigenvalue weighted by atomic mass is 35.5. The summed E-state index contributed by atoms with van der Waals surface area (Å²) in [6.45, 7) is 3.24. The van der Waals surface area contributed by atoms with Gasteiger partial charge in [-0.3, -0.25) is 4.79 Å². The fraction of sp³-hybridized carbons (Fsp3) is 0.417. The highest BCUT2D eigenvalue weighted by molar-refractivity contribution is 6.35. The summed E-state index contributed by atoms with van der Waals surface area (Å²) in [6.07, 6.45) is 0. The number of hydrogen-bond acceptors (Lipinski definition) is 4. The smallest absolute Gasteiger partial charge is 0.313 e. The molecule has 3 N–H and O–H groups in total. The molecule has 0 heterocycles. The summed E-state index contributed by atoms with van der Waals surface area (Å²) in [4.78, 5) is 11.7. The monoisotopic (exact) mass is 291 g/mol. The first-order valence-corrected chi connectivity index (χ1v) is 5.99. The summed E-state index contributed by atoms with van der Waals surface area (Å²) in [7, 11) is 1.28. The molecule has 1 aromatic rings. The Labute approximate surface area is 116 Å². The van der Waals surface area contributed by atoms with Gasteiger partial charge in [0.25, 0.3) is 0 Å². The van der Waals surface area contributed by atoms with Gasteiger partial charge in [0.15, 0.2) is 0 Å². The third-order valence-corrected chi connectivity index (χ3v) is 3.40. The number of carbonyl (C=O) groups is 1. The van der Waals surface area contributed by atoms with Crippen LogP contribution >= 0.6 is 23.2 Å². The number of esters is 1. The first-order valence-electron chi connectivity index (χ1n) is 5.23. The van der Waals surface area contributed by atoms with Crippen molar-refractivity contribution in [2.75, 3.05) is 7.11 Å². The van der Waals surface area contributed by atoms with Gasteiger partial charge in [0, 0.05) is 10.6 Å². The summed E-state index contributed by atoms with van der Waals surface area (Å²) < 4.78 is 4.69. The van der Waals surface area contributed by atoms with Crippen molar-refractivity contribution in [3.8, 4) is 5.75 Å². The van der Waals surface area contributed by atoms with Crippen molar-refractivity contribution < 1.29 is 14.6 Å². The zero-order valence-electron chi connectivity index (χ0n) is 10.3. The lowest BCUT2D eigenvalue weighted by Gasteiger charge is -2.29. The van der Waals surface area contributed by atoms with Gasteiger partial charge >= 0.3 is 5.97 Å². The summed E-state index contributed by atoms with van der Waals surface area (Å²) in [5.41, 5.74) is 5.26. The van der Waals surface area contributed by atoms with Crippen LogP contribution in [0.4, 0.5) is 0 Å². The highest BCUT2D eigenvalue weighted by Gasteiger charge is 2.38. The Balaban J connectivity index is 3.27. The van der Waals surface area contributed by atoms with Crippen LogP contribution in [0.3, 0.4) is 0 Å². The summed E-state index contributed by atoms with van der Waals surface area (Å²) in [6, 6.07) is 1.98. The molecule has 1 atom stereocenters. The van der Waals surface area contributed by atoms with Gasteiger partial charge in [0.2, 0.25) is 0 Å². The van der Waals surface area contributed by atoms with E-state index >= 15 is 0 Å². The fourth-order valence-electron chi connectivity index (χ4n) is 1.63. The Hall–Kier alpha value is -0.970. The van der Waals surface area contributed by atoms with Gasteiger partial charge in [0.1, 0.15) is 5.75 Å². The number of carbonyl (C=O) groups excluding carboxylic acids is 1. The van der Waals surface area contributed by atoms with Gasteiger partial charge in [0.05, 0.1) is 23.6 Å². The third kappa shape index (κ3) is 2.71. The number of benzene rings is 1. The van der Waals surface area contributed by atoms with Crippen LogP contribution in [0, 0.1) is 5.41 Å². The van der Waals surface area contributed by atoms with Crippen molar-refractivity contribution in [2.24, 2.45) is 11.1 Å². The lowest BCUT2D eigenvalue weighted by molar-refractivity contribution is -0.152. The number of halogens is 2. The van der Waals surface area contributed by atoms with Gasteiger partial charge in [-0.2, -0.15) is 0 Å². The van der Waals surface area contributed by atoms with Gasteiger partial charge in [-0.05, 0) is 26.0 Å². The standard InChI is InChI=1S/C12H15Cl2NO3/c1-12(2,11(17)18-3)10(15)9-7(14)4-6(13)5-8(9)16/h4-5,10,16H,15H2,1-3H3/t10-/m1/s1. The van der Waals surface area contributed by atoms with Gasteiger partial charge in [-0.1, -0.05) is 23.2 Å². The Morgan fingerprint density at radius 3 is 2.44 bits per heavy atom. The average Bonchev–Trinajstić information content (AvgIpc) is 2.26. The molecule has 0 saturated carbocycles. The van der Waals surface area contributed by atoms with Crippen molar-refractivity contribution in [1.82, 2.24) is 0 Å². The molecule has 0 bridgehead atoms. The number of methoxy groups -OCH3 is 1. The molecule has 0 aromatic heterocycles. The zero-order chi connectivity index (χ0) is 14.1. The van der Waals surface area contributed by atoms with E-state index in [-0.39, 0.29) is 16.3 Å². The second-order valence-corrected chi connectivity index (χ2v) is 5.35. The summed E-state index contributed by atoms with van der Waals surface area (Å²) in [5.74, 6) is -0.627. The van der Waals surface area contributed by atoms with Crippen molar-refractivity contribution in [2.45, 2.75) is 19.9 Å². The second kappa shape index (κ2) is 5.34. The summed E-state index contributed by atoms with van der Waals surface area (Å²) >= 11 is 11.8. The van der Waals surface area contributed by atoms with Gasteiger partial charge in [-0.25, -0.2) is 0 Å². The predicted octanol–water partition coefficient (Wildman–Crippen LogP) is 2.90. The van der Waals surface area contributed by atoms with E-state index in [2.05, 4.69) is 0 Å². The lowest BCUT2D eigenvalue weighted by Crippen LogP contribution is -2.37. The van der Waals surface area contributed by atoms with Gasteiger partial charge in [-0.15, -0.1) is 0 Å². The third-order valence-electron chi connectivity index (χ3n) is 2.87. The van der Waals surface area contributed by atoms with E-state index in [1.54, 1.807) is 13.8 Å². The molecule has 0 aliphatic rings. The minimum atomic E-state index is -1.02. The molecule has 0 unspecified atom stereocenters. The molecule has 0 amide bonds. The number of rotatable bonds is 3. The van der Waals surface area contributed by atoms with Crippen LogP contribution in [0.2, 0.25) is 10.0 Å². The van der Waals surface area contributed by atoms with E-state index in [1.165, 1.54) is 19.2 Å². The zero-order valence-corrected chi connectivity index (χ0v) is 11.8. The highest BCUT2D eigenvalue weighted by Crippen LogP contribution is 2.41. The largest absolute Gasteiger partial charge is 0.508 e. The number of aromatic hydroxyl groups is 1. The van der Waals surface area contributed by atoms with E-state index in [0.717, 1.165) is 0 Å². The maximum absolute atomic E-state index is 11.7. The van der Waals surface area contributed by atoms with Crippen LogP contribution in [0.25, 0.3) is 0 Å². The predicted molar refractivity (Wildman–Crippen MR) is 70.9 cm³/mol. The van der Waals surface area contributed by atoms with Crippen molar-refractivity contribution >= 4 is 29.2 Å². The molecule has 6 heteroatoms. The quantitative estimate of drug-likeness (QED) is 0.840. The number of phenolic OH excluding ortho intramolecular Hbond substituents is 1. The maximum Gasteiger partial charge on any atom is 0.313 e. The number of nitrogens with two attached hydrogens (primary N) is 1. The van der Waals surface area contributed by atoms with Crippen molar-refractivity contribution in [1.29, 1.82) is 0 Å². The molecule has 0 spiro atoms. The van der Waals surface area contributed by atoms with E-state index in [4.69, 9.17) is 33.7 Å². The molecule has 18 heavy (non-hydrogen) atoms. The number of hydrogen-bond donors (Lipinski definition) is 2. The molecule has 4 nitrogen and oxygen atoms in total. The molecule has 100 valence electrons. The van der Waals surface area contributed by atoms with E-state index in [9.17, 15) is 9.90 Å². The minimum absolute atomic E-state index is 0.142. The summed E-state index contributed by atoms with van der Waals surface area (Å²) in [5, 5.41) is 10.4. The number of ether oxygens (including phenoxy) is 1. The van der Waals surface area contributed by atoms with Crippen LogP contribution in [-0.4, -0.2) is 18.2 Å². The van der Waals surface area contributed by atoms with Crippen LogP contribution in [0.5, 0.6) is 5.75 Å². The molecule has 0 aliphatic heterocycles. The molecule has 1 rings (SSSR count). The van der Waals surface area contributed by atoms with E-state index in [0.29, 0.717) is 5.02 Å². The molecular weight excluding hydrogens is 277 g/mol. The Morgan fingerprint density at radius 1 is 1.44 bits per heavy atom. The molecule has 0 saturated heterocycles. The molecule has 1 aromatic carbocycles. The molecule has 0 radical (unpaired) electrons. The molecule has 0 aliphatic carbocycles. The minimum Gasteiger partial charge on any atom is -0.508 e.